The van der Waals surface area contributed by atoms with Gasteiger partial charge in [0.1, 0.15) is 0 Å². The first kappa shape index (κ1) is 6.51. The van der Waals surface area contributed by atoms with Crippen LogP contribution in [0.4, 0.5) is 0 Å². The number of ether oxygens (including phenoxy) is 1. The number of rotatable bonds is 2. The topological polar surface area (TPSA) is 58.6 Å². The quantitative estimate of drug-likeness (QED) is 0.361. The molecule has 1 fully saturated rings. The van der Waals surface area contributed by atoms with Gasteiger partial charge in [0.25, 0.3) is 0 Å². The summed E-state index contributed by atoms with van der Waals surface area (Å²) in [7, 11) is 0. The van der Waals surface area contributed by atoms with Crippen LogP contribution in [-0.2, 0) is 9.53 Å². The Kier molecular flexibility index (Phi) is 2.02. The second kappa shape index (κ2) is 2.80. The highest BCUT2D eigenvalue weighted by atomic mass is 16.6. The van der Waals surface area contributed by atoms with Crippen molar-refractivity contribution in [1.82, 2.24) is 5.32 Å². The van der Waals surface area contributed by atoms with Crippen LogP contribution in [0.15, 0.2) is 0 Å². The summed E-state index contributed by atoms with van der Waals surface area (Å²) in [5.74, 6) is -0.339. The smallest absolute Gasteiger partial charge is 0.313 e. The zero-order valence-corrected chi connectivity index (χ0v) is 4.96. The van der Waals surface area contributed by atoms with Crippen molar-refractivity contribution in [3.05, 3.63) is 0 Å². The van der Waals surface area contributed by atoms with Crippen LogP contribution in [0.3, 0.4) is 0 Å². The number of nitrogens with one attached hydrogen (secondary N) is 1. The van der Waals surface area contributed by atoms with Crippen LogP contribution in [-0.4, -0.2) is 31.0 Å². The number of carbonyl (C=O) groups is 1. The minimum Gasteiger partial charge on any atom is -0.438 e. The van der Waals surface area contributed by atoms with E-state index in [-0.39, 0.29) is 11.9 Å². The summed E-state index contributed by atoms with van der Waals surface area (Å²) < 4.78 is 4.32. The highest BCUT2D eigenvalue weighted by molar-refractivity contribution is 5.73. The van der Waals surface area contributed by atoms with E-state index in [1.54, 1.807) is 0 Å². The second-order valence-corrected chi connectivity index (χ2v) is 1.95. The molecule has 9 heavy (non-hydrogen) atoms. The summed E-state index contributed by atoms with van der Waals surface area (Å²) in [4.78, 5) is 10.6. The lowest BCUT2D eigenvalue weighted by Crippen LogP contribution is -2.47. The van der Waals surface area contributed by atoms with Gasteiger partial charge in [-0.3, -0.25) is 4.79 Å². The van der Waals surface area contributed by atoms with Gasteiger partial charge in [0, 0.05) is 13.1 Å². The maximum Gasteiger partial charge on any atom is 0.313 e. The van der Waals surface area contributed by atoms with Crippen molar-refractivity contribution in [2.75, 3.05) is 19.9 Å². The SMILES string of the molecule is O=C(OCO)C1CNC1. The van der Waals surface area contributed by atoms with Crippen molar-refractivity contribution in [2.24, 2.45) is 5.92 Å². The lowest BCUT2D eigenvalue weighted by atomic mass is 10.0. The number of hydrogen-bond acceptors (Lipinski definition) is 4. The Morgan fingerprint density at radius 2 is 2.44 bits per heavy atom. The fourth-order valence-electron chi connectivity index (χ4n) is 0.637. The molecule has 0 amide bonds. The van der Waals surface area contributed by atoms with Gasteiger partial charge < -0.3 is 15.2 Å². The molecule has 2 N–H and O–H groups in total. The maximum atomic E-state index is 10.6. The molecule has 4 nitrogen and oxygen atoms in total. The molecule has 0 aromatic rings. The number of hydrogen-bond donors (Lipinski definition) is 2. The Labute approximate surface area is 52.8 Å². The van der Waals surface area contributed by atoms with Crippen LogP contribution >= 0.6 is 0 Å². The third-order valence-corrected chi connectivity index (χ3v) is 1.32. The minimum atomic E-state index is -0.505. The standard InChI is InChI=1S/C5H9NO3/c7-3-9-5(8)4-1-6-2-4/h4,6-7H,1-3H2. The van der Waals surface area contributed by atoms with Crippen molar-refractivity contribution in [1.29, 1.82) is 0 Å². The van der Waals surface area contributed by atoms with E-state index >= 15 is 0 Å². The van der Waals surface area contributed by atoms with Gasteiger partial charge in [-0.25, -0.2) is 0 Å². The molecule has 0 aromatic heterocycles. The Morgan fingerprint density at radius 1 is 1.78 bits per heavy atom. The summed E-state index contributed by atoms with van der Waals surface area (Å²) >= 11 is 0. The largest absolute Gasteiger partial charge is 0.438 e. The normalized spacial score (nSPS) is 18.8. The molecule has 52 valence electrons. The molecule has 1 rings (SSSR count). The lowest BCUT2D eigenvalue weighted by molar-refractivity contribution is -0.158. The zero-order chi connectivity index (χ0) is 6.69. The van der Waals surface area contributed by atoms with Crippen LogP contribution in [0.25, 0.3) is 0 Å². The number of aliphatic hydroxyl groups is 1. The van der Waals surface area contributed by atoms with Crippen LogP contribution < -0.4 is 5.32 Å². The fraction of sp³-hybridized carbons (Fsp3) is 0.800. The number of esters is 1. The monoisotopic (exact) mass is 131 g/mol. The predicted molar refractivity (Wildman–Crippen MR) is 29.5 cm³/mol. The number of aliphatic hydroxyl groups excluding tert-OH is 1. The highest BCUT2D eigenvalue weighted by Gasteiger charge is 2.25. The molecule has 0 unspecified atom stereocenters. The Balaban J connectivity index is 2.16. The van der Waals surface area contributed by atoms with Crippen LogP contribution in [0.5, 0.6) is 0 Å². The third kappa shape index (κ3) is 1.40. The molecule has 1 heterocycles. The van der Waals surface area contributed by atoms with Crippen molar-refractivity contribution in [3.63, 3.8) is 0 Å². The zero-order valence-electron chi connectivity index (χ0n) is 4.96. The van der Waals surface area contributed by atoms with Gasteiger partial charge in [-0.05, 0) is 0 Å². The molecule has 1 aliphatic rings. The Bertz CT molecular complexity index is 111. The predicted octanol–water partition coefficient (Wildman–Crippen LogP) is -1.30. The molecule has 0 radical (unpaired) electrons. The average molecular weight is 131 g/mol. The molecule has 0 aromatic carbocycles. The van der Waals surface area contributed by atoms with Gasteiger partial charge in [-0.1, -0.05) is 0 Å². The van der Waals surface area contributed by atoms with Gasteiger partial charge >= 0.3 is 5.97 Å². The molecule has 0 bridgehead atoms. The van der Waals surface area contributed by atoms with E-state index in [2.05, 4.69) is 10.1 Å². The summed E-state index contributed by atoms with van der Waals surface area (Å²) in [5, 5.41) is 11.1. The summed E-state index contributed by atoms with van der Waals surface area (Å²) in [6.07, 6.45) is 0. The number of carbonyl (C=O) groups excluding carboxylic acids is 1. The molecular formula is C5H9NO3. The van der Waals surface area contributed by atoms with Crippen molar-refractivity contribution >= 4 is 5.97 Å². The van der Waals surface area contributed by atoms with E-state index in [1.165, 1.54) is 0 Å². The second-order valence-electron chi connectivity index (χ2n) is 1.95. The first-order chi connectivity index (χ1) is 4.34. The highest BCUT2D eigenvalue weighted by Crippen LogP contribution is 2.03. The lowest BCUT2D eigenvalue weighted by Gasteiger charge is -2.24. The van der Waals surface area contributed by atoms with Gasteiger partial charge in [-0.2, -0.15) is 0 Å². The summed E-state index contributed by atoms with van der Waals surface area (Å²) in [5.41, 5.74) is 0. The minimum absolute atomic E-state index is 0.0304. The van der Waals surface area contributed by atoms with Crippen LogP contribution in [0.1, 0.15) is 0 Å². The Hall–Kier alpha value is -0.610. The van der Waals surface area contributed by atoms with Gasteiger partial charge in [0.15, 0.2) is 6.79 Å². The van der Waals surface area contributed by atoms with E-state index in [4.69, 9.17) is 5.11 Å². The van der Waals surface area contributed by atoms with Crippen LogP contribution in [0.2, 0.25) is 0 Å². The van der Waals surface area contributed by atoms with E-state index in [9.17, 15) is 4.79 Å². The van der Waals surface area contributed by atoms with E-state index < -0.39 is 6.79 Å². The molecule has 0 saturated carbocycles. The summed E-state index contributed by atoms with van der Waals surface area (Å²) in [6, 6.07) is 0. The van der Waals surface area contributed by atoms with Crippen LogP contribution in [0, 0.1) is 5.92 Å². The van der Waals surface area contributed by atoms with Gasteiger partial charge in [0.05, 0.1) is 5.92 Å². The summed E-state index contributed by atoms with van der Waals surface area (Å²) in [6.45, 7) is 0.854. The first-order valence-electron chi connectivity index (χ1n) is 2.83. The van der Waals surface area contributed by atoms with E-state index in [0.717, 1.165) is 0 Å². The van der Waals surface area contributed by atoms with Crippen molar-refractivity contribution in [2.45, 2.75) is 0 Å². The molecule has 1 aliphatic heterocycles. The van der Waals surface area contributed by atoms with Crippen molar-refractivity contribution in [3.8, 4) is 0 Å². The fourth-order valence-corrected chi connectivity index (χ4v) is 0.637. The van der Waals surface area contributed by atoms with E-state index in [0.29, 0.717) is 13.1 Å². The molecular weight excluding hydrogens is 122 g/mol. The first-order valence-corrected chi connectivity index (χ1v) is 2.83. The Morgan fingerprint density at radius 3 is 2.78 bits per heavy atom. The van der Waals surface area contributed by atoms with Gasteiger partial charge in [-0.15, -0.1) is 0 Å². The molecule has 4 heteroatoms. The maximum absolute atomic E-state index is 10.6. The molecule has 1 saturated heterocycles. The van der Waals surface area contributed by atoms with Gasteiger partial charge in [0.2, 0.25) is 0 Å². The average Bonchev–Trinajstić information content (AvgIpc) is 1.60. The molecule has 0 aliphatic carbocycles. The molecule has 0 atom stereocenters. The third-order valence-electron chi connectivity index (χ3n) is 1.32. The van der Waals surface area contributed by atoms with Crippen molar-refractivity contribution < 1.29 is 14.6 Å². The molecule has 0 spiro atoms. The van der Waals surface area contributed by atoms with E-state index in [1.807, 2.05) is 0 Å².